The van der Waals surface area contributed by atoms with E-state index >= 15 is 0 Å². The maximum atomic E-state index is 12.9. The van der Waals surface area contributed by atoms with Crippen LogP contribution in [-0.2, 0) is 14.3 Å². The van der Waals surface area contributed by atoms with Crippen LogP contribution in [0.2, 0.25) is 0 Å². The smallest absolute Gasteiger partial charge is 0.329 e. The number of anilines is 1. The van der Waals surface area contributed by atoms with Crippen LogP contribution in [0.25, 0.3) is 0 Å². The van der Waals surface area contributed by atoms with Crippen LogP contribution in [0.15, 0.2) is 54.6 Å². The predicted octanol–water partition coefficient (Wildman–Crippen LogP) is 3.29. The molecule has 0 spiro atoms. The Labute approximate surface area is 181 Å². The first-order chi connectivity index (χ1) is 14.8. The Bertz CT molecular complexity index is 951. The summed E-state index contributed by atoms with van der Waals surface area (Å²) in [6.45, 7) is 5.54. The highest BCUT2D eigenvalue weighted by molar-refractivity contribution is 6.22. The topological polar surface area (TPSA) is 84.0 Å². The van der Waals surface area contributed by atoms with Gasteiger partial charge in [0.2, 0.25) is 0 Å². The highest BCUT2D eigenvalue weighted by Crippen LogP contribution is 2.27. The first-order valence-electron chi connectivity index (χ1n) is 10.3. The van der Waals surface area contributed by atoms with Gasteiger partial charge < -0.3 is 9.64 Å². The molecular formula is C24H26N2O5. The minimum Gasteiger partial charge on any atom is -0.454 e. The van der Waals surface area contributed by atoms with E-state index in [1.807, 2.05) is 39.0 Å². The number of carbonyl (C=O) groups is 4. The summed E-state index contributed by atoms with van der Waals surface area (Å²) in [7, 11) is 0. The van der Waals surface area contributed by atoms with Crippen LogP contribution in [0.3, 0.4) is 0 Å². The summed E-state index contributed by atoms with van der Waals surface area (Å²) in [5, 5.41) is 0. The number of fused-ring (bicyclic) bond motifs is 1. The number of amides is 3. The molecule has 7 heteroatoms. The second kappa shape index (κ2) is 9.55. The lowest BCUT2D eigenvalue weighted by atomic mass is 10.0. The number of rotatable bonds is 8. The molecule has 162 valence electrons. The van der Waals surface area contributed by atoms with Crippen LogP contribution in [0.4, 0.5) is 5.69 Å². The van der Waals surface area contributed by atoms with Crippen molar-refractivity contribution in [3.63, 3.8) is 0 Å². The summed E-state index contributed by atoms with van der Waals surface area (Å²) >= 11 is 0. The van der Waals surface area contributed by atoms with E-state index < -0.39 is 30.4 Å². The number of ether oxygens (including phenoxy) is 1. The maximum Gasteiger partial charge on any atom is 0.329 e. The van der Waals surface area contributed by atoms with Crippen molar-refractivity contribution < 1.29 is 23.9 Å². The molecular weight excluding hydrogens is 396 g/mol. The van der Waals surface area contributed by atoms with Crippen molar-refractivity contribution in [3.8, 4) is 0 Å². The molecule has 2 aromatic carbocycles. The van der Waals surface area contributed by atoms with Gasteiger partial charge in [0.05, 0.1) is 11.1 Å². The van der Waals surface area contributed by atoms with Gasteiger partial charge in [0.15, 0.2) is 6.61 Å². The van der Waals surface area contributed by atoms with Gasteiger partial charge in [-0.15, -0.1) is 0 Å². The van der Waals surface area contributed by atoms with Crippen LogP contribution in [-0.4, -0.2) is 47.8 Å². The van der Waals surface area contributed by atoms with Crippen molar-refractivity contribution in [2.24, 2.45) is 5.92 Å². The monoisotopic (exact) mass is 422 g/mol. The number of hydrogen-bond donors (Lipinski definition) is 0. The van der Waals surface area contributed by atoms with Crippen LogP contribution >= 0.6 is 0 Å². The van der Waals surface area contributed by atoms with Crippen LogP contribution in [0, 0.1) is 5.92 Å². The average molecular weight is 422 g/mol. The Kier molecular flexibility index (Phi) is 6.84. The van der Waals surface area contributed by atoms with E-state index in [4.69, 9.17) is 4.74 Å². The van der Waals surface area contributed by atoms with E-state index in [-0.39, 0.29) is 29.4 Å². The van der Waals surface area contributed by atoms with Gasteiger partial charge in [-0.1, -0.05) is 44.2 Å². The molecule has 0 fully saturated rings. The van der Waals surface area contributed by atoms with E-state index in [0.29, 0.717) is 12.2 Å². The molecule has 0 aromatic heterocycles. The third-order valence-electron chi connectivity index (χ3n) is 5.13. The SMILES string of the molecule is CCN(C(=O)COC(=O)[C@@H](CC(C)C)N1C(=O)c2ccccc2C1=O)c1ccccc1. The molecule has 3 amide bonds. The van der Waals surface area contributed by atoms with Crippen LogP contribution in [0.1, 0.15) is 47.9 Å². The Morgan fingerprint density at radius 3 is 2.00 bits per heavy atom. The fraction of sp³-hybridized carbons (Fsp3) is 0.333. The minimum atomic E-state index is -1.09. The Morgan fingerprint density at radius 1 is 0.935 bits per heavy atom. The molecule has 1 aliphatic rings. The summed E-state index contributed by atoms with van der Waals surface area (Å²) in [6.07, 6.45) is 0.245. The fourth-order valence-electron chi connectivity index (χ4n) is 3.66. The Balaban J connectivity index is 1.75. The van der Waals surface area contributed by atoms with Gasteiger partial charge in [-0.3, -0.25) is 19.3 Å². The molecule has 0 radical (unpaired) electrons. The lowest BCUT2D eigenvalue weighted by molar-refractivity contribution is -0.152. The largest absolute Gasteiger partial charge is 0.454 e. The summed E-state index contributed by atoms with van der Waals surface area (Å²) in [5.41, 5.74) is 1.24. The number of imide groups is 1. The second-order valence-corrected chi connectivity index (χ2v) is 7.75. The molecule has 1 heterocycles. The second-order valence-electron chi connectivity index (χ2n) is 7.75. The molecule has 3 rings (SSSR count). The predicted molar refractivity (Wildman–Crippen MR) is 116 cm³/mol. The number of benzene rings is 2. The molecule has 0 N–H and O–H groups in total. The fourth-order valence-corrected chi connectivity index (χ4v) is 3.66. The molecule has 31 heavy (non-hydrogen) atoms. The van der Waals surface area contributed by atoms with Crippen LogP contribution < -0.4 is 4.90 Å². The van der Waals surface area contributed by atoms with Gasteiger partial charge in [-0.25, -0.2) is 4.79 Å². The van der Waals surface area contributed by atoms with E-state index in [9.17, 15) is 19.2 Å². The zero-order valence-electron chi connectivity index (χ0n) is 17.9. The van der Waals surface area contributed by atoms with Crippen molar-refractivity contribution in [3.05, 3.63) is 65.7 Å². The van der Waals surface area contributed by atoms with E-state index in [1.54, 1.807) is 36.4 Å². The summed E-state index contributed by atoms with van der Waals surface area (Å²) < 4.78 is 5.30. The number of para-hydroxylation sites is 1. The van der Waals surface area contributed by atoms with Crippen molar-refractivity contribution in [1.82, 2.24) is 4.90 Å². The Hall–Kier alpha value is -3.48. The molecule has 0 aliphatic carbocycles. The highest BCUT2D eigenvalue weighted by atomic mass is 16.5. The van der Waals surface area contributed by atoms with Gasteiger partial charge in [-0.05, 0) is 43.5 Å². The van der Waals surface area contributed by atoms with E-state index in [1.165, 1.54) is 4.90 Å². The lowest BCUT2D eigenvalue weighted by Gasteiger charge is -2.26. The molecule has 1 atom stereocenters. The molecule has 0 unspecified atom stereocenters. The molecule has 0 bridgehead atoms. The van der Waals surface area contributed by atoms with Gasteiger partial charge in [0.1, 0.15) is 6.04 Å². The molecule has 7 nitrogen and oxygen atoms in total. The van der Waals surface area contributed by atoms with Crippen LogP contribution in [0.5, 0.6) is 0 Å². The zero-order valence-corrected chi connectivity index (χ0v) is 17.9. The first kappa shape index (κ1) is 22.2. The normalized spacial score (nSPS) is 13.9. The van der Waals surface area contributed by atoms with Crippen molar-refractivity contribution in [2.75, 3.05) is 18.1 Å². The first-order valence-corrected chi connectivity index (χ1v) is 10.3. The van der Waals surface area contributed by atoms with E-state index in [2.05, 4.69) is 0 Å². The Morgan fingerprint density at radius 2 is 1.48 bits per heavy atom. The number of hydrogen-bond acceptors (Lipinski definition) is 5. The summed E-state index contributed by atoms with van der Waals surface area (Å²) in [5.74, 6) is -2.16. The van der Waals surface area contributed by atoms with Crippen molar-refractivity contribution in [2.45, 2.75) is 33.2 Å². The third-order valence-corrected chi connectivity index (χ3v) is 5.13. The average Bonchev–Trinajstić information content (AvgIpc) is 3.02. The molecule has 1 aliphatic heterocycles. The van der Waals surface area contributed by atoms with Crippen molar-refractivity contribution in [1.29, 1.82) is 0 Å². The molecule has 2 aromatic rings. The van der Waals surface area contributed by atoms with Crippen molar-refractivity contribution >= 4 is 29.4 Å². The quantitative estimate of drug-likeness (QED) is 0.481. The number of esters is 1. The van der Waals surface area contributed by atoms with E-state index in [0.717, 1.165) is 4.90 Å². The van der Waals surface area contributed by atoms with Gasteiger partial charge >= 0.3 is 5.97 Å². The lowest BCUT2D eigenvalue weighted by Crippen LogP contribution is -2.47. The molecule has 0 saturated heterocycles. The summed E-state index contributed by atoms with van der Waals surface area (Å²) in [4.78, 5) is 53.7. The third kappa shape index (κ3) is 4.66. The van der Waals surface area contributed by atoms with Gasteiger partial charge in [0.25, 0.3) is 17.7 Å². The number of likely N-dealkylation sites (N-methyl/N-ethyl adjacent to an activating group) is 1. The number of nitrogens with zero attached hydrogens (tertiary/aromatic N) is 2. The standard InChI is InChI=1S/C24H26N2O5/c1-4-25(17-10-6-5-7-11-17)21(27)15-31-24(30)20(14-16(2)3)26-22(28)18-12-8-9-13-19(18)23(26)29/h5-13,16,20H,4,14-15H2,1-3H3/t20-/m1/s1. The maximum absolute atomic E-state index is 12.9. The number of carbonyl (C=O) groups excluding carboxylic acids is 4. The minimum absolute atomic E-state index is 0.0222. The highest BCUT2D eigenvalue weighted by Gasteiger charge is 2.43. The molecule has 0 saturated carbocycles. The van der Waals surface area contributed by atoms with Gasteiger partial charge in [0, 0.05) is 12.2 Å². The van der Waals surface area contributed by atoms with Gasteiger partial charge in [-0.2, -0.15) is 0 Å². The zero-order chi connectivity index (χ0) is 22.5. The summed E-state index contributed by atoms with van der Waals surface area (Å²) in [6, 6.07) is 14.5.